The molecule has 6 heteroatoms. The van der Waals surface area contributed by atoms with Crippen LogP contribution in [-0.4, -0.2) is 53.4 Å². The number of rotatable bonds is 2. The van der Waals surface area contributed by atoms with Gasteiger partial charge in [-0.05, 0) is 6.92 Å². The van der Waals surface area contributed by atoms with Crippen molar-refractivity contribution in [1.29, 1.82) is 5.26 Å². The minimum atomic E-state index is 0.0709. The highest BCUT2D eigenvalue weighted by molar-refractivity contribution is 7.11. The third-order valence-corrected chi connectivity index (χ3v) is 3.81. The van der Waals surface area contributed by atoms with E-state index in [1.165, 1.54) is 11.3 Å². The fraction of sp³-hybridized carbons (Fsp3) is 0.545. The second-order valence-corrected chi connectivity index (χ2v) is 4.85. The summed E-state index contributed by atoms with van der Waals surface area (Å²) in [4.78, 5) is 20.9. The molecule has 1 aliphatic heterocycles. The molecule has 1 aromatic rings. The average Bonchev–Trinajstić information content (AvgIpc) is 2.76. The summed E-state index contributed by atoms with van der Waals surface area (Å²) in [6.07, 6.45) is 0. The molecule has 0 aliphatic carbocycles. The van der Waals surface area contributed by atoms with Gasteiger partial charge in [0.15, 0.2) is 0 Å². The third-order valence-electron chi connectivity index (χ3n) is 2.89. The molecule has 0 bridgehead atoms. The Balaban J connectivity index is 1.96. The first-order valence-electron chi connectivity index (χ1n) is 5.51. The maximum absolute atomic E-state index is 12.2. The van der Waals surface area contributed by atoms with Crippen molar-refractivity contribution < 1.29 is 4.79 Å². The van der Waals surface area contributed by atoms with E-state index in [1.54, 1.807) is 5.51 Å². The van der Waals surface area contributed by atoms with Crippen LogP contribution >= 0.6 is 11.3 Å². The minimum absolute atomic E-state index is 0.0709. The number of thiazole rings is 1. The molecule has 1 fully saturated rings. The Labute approximate surface area is 104 Å². The normalized spacial score (nSPS) is 16.8. The van der Waals surface area contributed by atoms with Crippen molar-refractivity contribution in [3.05, 3.63) is 16.1 Å². The van der Waals surface area contributed by atoms with E-state index in [1.807, 2.05) is 11.8 Å². The van der Waals surface area contributed by atoms with E-state index in [0.29, 0.717) is 19.6 Å². The topological polar surface area (TPSA) is 60.2 Å². The molecule has 1 aliphatic rings. The van der Waals surface area contributed by atoms with Gasteiger partial charge in [-0.1, -0.05) is 0 Å². The van der Waals surface area contributed by atoms with E-state index in [2.05, 4.69) is 16.0 Å². The number of hydrogen-bond acceptors (Lipinski definition) is 5. The molecule has 0 N–H and O–H groups in total. The van der Waals surface area contributed by atoms with E-state index in [4.69, 9.17) is 5.26 Å². The summed E-state index contributed by atoms with van der Waals surface area (Å²) < 4.78 is 0. The number of amides is 1. The molecule has 2 heterocycles. The van der Waals surface area contributed by atoms with Gasteiger partial charge in [-0.2, -0.15) is 5.26 Å². The molecule has 0 aromatic carbocycles. The maximum Gasteiger partial charge on any atom is 0.265 e. The molecular formula is C11H14N4OS. The molecule has 1 saturated heterocycles. The Morgan fingerprint density at radius 2 is 2.24 bits per heavy atom. The van der Waals surface area contributed by atoms with Crippen LogP contribution in [0.15, 0.2) is 5.51 Å². The first-order chi connectivity index (χ1) is 8.22. The molecule has 1 amide bonds. The summed E-state index contributed by atoms with van der Waals surface area (Å²) in [6, 6.07) is 2.13. The van der Waals surface area contributed by atoms with Gasteiger partial charge < -0.3 is 4.90 Å². The highest BCUT2D eigenvalue weighted by Gasteiger charge is 2.23. The van der Waals surface area contributed by atoms with Gasteiger partial charge in [0.25, 0.3) is 5.91 Å². The van der Waals surface area contributed by atoms with Crippen LogP contribution in [0.25, 0.3) is 0 Å². The van der Waals surface area contributed by atoms with Crippen LogP contribution in [0.5, 0.6) is 0 Å². The zero-order chi connectivity index (χ0) is 12.3. The number of hydrogen-bond donors (Lipinski definition) is 0. The minimum Gasteiger partial charge on any atom is -0.335 e. The predicted octanol–water partition coefficient (Wildman–Crippen LogP) is 0.733. The van der Waals surface area contributed by atoms with E-state index in [9.17, 15) is 4.79 Å². The molecule has 1 aromatic heterocycles. The largest absolute Gasteiger partial charge is 0.335 e. The standard InChI is InChI=1S/C11H14N4OS/c1-9-10(17-8-13-9)11(16)15-6-4-14(3-2-12)5-7-15/h8H,3-7H2,1H3. The number of carbonyl (C=O) groups is 1. The first kappa shape index (κ1) is 12.0. The predicted molar refractivity (Wildman–Crippen MR) is 64.8 cm³/mol. The van der Waals surface area contributed by atoms with Crippen LogP contribution < -0.4 is 0 Å². The zero-order valence-electron chi connectivity index (χ0n) is 9.72. The quantitative estimate of drug-likeness (QED) is 0.726. The van der Waals surface area contributed by atoms with Gasteiger partial charge in [0.2, 0.25) is 0 Å². The maximum atomic E-state index is 12.2. The molecule has 2 rings (SSSR count). The van der Waals surface area contributed by atoms with Crippen LogP contribution in [0.4, 0.5) is 0 Å². The Morgan fingerprint density at radius 3 is 2.76 bits per heavy atom. The molecular weight excluding hydrogens is 236 g/mol. The second-order valence-electron chi connectivity index (χ2n) is 3.99. The smallest absolute Gasteiger partial charge is 0.265 e. The summed E-state index contributed by atoms with van der Waals surface area (Å²) >= 11 is 1.39. The fourth-order valence-corrected chi connectivity index (χ4v) is 2.63. The highest BCUT2D eigenvalue weighted by atomic mass is 32.1. The number of nitrogens with zero attached hydrogens (tertiary/aromatic N) is 4. The first-order valence-corrected chi connectivity index (χ1v) is 6.39. The SMILES string of the molecule is Cc1ncsc1C(=O)N1CCN(CC#N)CC1. The van der Waals surface area contributed by atoms with Crippen LogP contribution in [0.3, 0.4) is 0 Å². The lowest BCUT2D eigenvalue weighted by atomic mass is 10.2. The summed E-state index contributed by atoms with van der Waals surface area (Å²) in [7, 11) is 0. The Kier molecular flexibility index (Phi) is 3.71. The molecule has 90 valence electrons. The van der Waals surface area contributed by atoms with E-state index in [0.717, 1.165) is 23.7 Å². The monoisotopic (exact) mass is 250 g/mol. The fourth-order valence-electron chi connectivity index (χ4n) is 1.86. The van der Waals surface area contributed by atoms with Crippen molar-refractivity contribution in [2.45, 2.75) is 6.92 Å². The summed E-state index contributed by atoms with van der Waals surface area (Å²) in [5.41, 5.74) is 2.51. The average molecular weight is 250 g/mol. The van der Waals surface area contributed by atoms with Crippen LogP contribution in [0.2, 0.25) is 0 Å². The molecule has 0 saturated carbocycles. The van der Waals surface area contributed by atoms with Gasteiger partial charge in [-0.3, -0.25) is 9.69 Å². The van der Waals surface area contributed by atoms with Gasteiger partial charge in [-0.25, -0.2) is 4.98 Å². The van der Waals surface area contributed by atoms with Crippen molar-refractivity contribution >= 4 is 17.2 Å². The van der Waals surface area contributed by atoms with E-state index < -0.39 is 0 Å². The van der Waals surface area contributed by atoms with Crippen LogP contribution in [0.1, 0.15) is 15.4 Å². The van der Waals surface area contributed by atoms with Crippen molar-refractivity contribution in [2.24, 2.45) is 0 Å². The lowest BCUT2D eigenvalue weighted by molar-refractivity contribution is 0.0655. The molecule has 17 heavy (non-hydrogen) atoms. The molecule has 5 nitrogen and oxygen atoms in total. The zero-order valence-corrected chi connectivity index (χ0v) is 10.5. The van der Waals surface area contributed by atoms with Crippen molar-refractivity contribution in [3.8, 4) is 6.07 Å². The third kappa shape index (κ3) is 2.62. The molecule has 0 unspecified atom stereocenters. The lowest BCUT2D eigenvalue weighted by Crippen LogP contribution is -2.48. The van der Waals surface area contributed by atoms with Gasteiger partial charge >= 0.3 is 0 Å². The highest BCUT2D eigenvalue weighted by Crippen LogP contribution is 2.16. The molecule has 0 atom stereocenters. The number of aryl methyl sites for hydroxylation is 1. The van der Waals surface area contributed by atoms with Crippen molar-refractivity contribution in [3.63, 3.8) is 0 Å². The summed E-state index contributed by atoms with van der Waals surface area (Å²) in [5, 5.41) is 8.60. The number of aromatic nitrogens is 1. The Hall–Kier alpha value is -1.45. The summed E-state index contributed by atoms with van der Waals surface area (Å²) in [5.74, 6) is 0.0709. The van der Waals surface area contributed by atoms with Crippen LogP contribution in [0, 0.1) is 18.3 Å². The van der Waals surface area contributed by atoms with Crippen molar-refractivity contribution in [1.82, 2.24) is 14.8 Å². The van der Waals surface area contributed by atoms with Gasteiger partial charge in [0, 0.05) is 26.2 Å². The summed E-state index contributed by atoms with van der Waals surface area (Å²) in [6.45, 7) is 5.24. The van der Waals surface area contributed by atoms with E-state index >= 15 is 0 Å². The number of carbonyl (C=O) groups excluding carboxylic acids is 1. The second kappa shape index (κ2) is 5.25. The van der Waals surface area contributed by atoms with Crippen LogP contribution in [-0.2, 0) is 0 Å². The van der Waals surface area contributed by atoms with Crippen molar-refractivity contribution in [2.75, 3.05) is 32.7 Å². The van der Waals surface area contributed by atoms with Gasteiger partial charge in [0.1, 0.15) is 4.88 Å². The number of piperazine rings is 1. The molecule has 0 spiro atoms. The Bertz CT molecular complexity index is 443. The van der Waals surface area contributed by atoms with E-state index in [-0.39, 0.29) is 5.91 Å². The Morgan fingerprint density at radius 1 is 1.53 bits per heavy atom. The number of nitriles is 1. The van der Waals surface area contributed by atoms with Gasteiger partial charge in [-0.15, -0.1) is 11.3 Å². The van der Waals surface area contributed by atoms with Gasteiger partial charge in [0.05, 0.1) is 23.8 Å². The molecule has 0 radical (unpaired) electrons. The lowest BCUT2D eigenvalue weighted by Gasteiger charge is -2.33.